The molecule has 1 heterocycles. The largest absolute Gasteiger partial charge is 0.317 e. The monoisotopic (exact) mass is 252 g/mol. The Morgan fingerprint density at radius 3 is 2.06 bits per heavy atom. The first-order valence-electron chi connectivity index (χ1n) is 8.08. The number of hydrogen-bond donors (Lipinski definition) is 2. The van der Waals surface area contributed by atoms with Crippen molar-refractivity contribution in [1.82, 2.24) is 10.6 Å². The highest BCUT2D eigenvalue weighted by Gasteiger charge is 2.32. The molecule has 1 aliphatic heterocycles. The van der Waals surface area contributed by atoms with Gasteiger partial charge in [-0.15, -0.1) is 0 Å². The van der Waals surface area contributed by atoms with Crippen LogP contribution in [0.1, 0.15) is 65.7 Å². The second-order valence-electron chi connectivity index (χ2n) is 7.08. The lowest BCUT2D eigenvalue weighted by Gasteiger charge is -2.40. The van der Waals surface area contributed by atoms with Crippen molar-refractivity contribution in [2.45, 2.75) is 77.8 Å². The van der Waals surface area contributed by atoms with Crippen molar-refractivity contribution in [3.05, 3.63) is 0 Å². The molecule has 0 atom stereocenters. The second kappa shape index (κ2) is 6.38. The summed E-state index contributed by atoms with van der Waals surface area (Å²) in [5.41, 5.74) is 0.555. The van der Waals surface area contributed by atoms with E-state index < -0.39 is 0 Å². The van der Waals surface area contributed by atoms with Crippen molar-refractivity contribution < 1.29 is 0 Å². The Bertz CT molecular complexity index is 235. The summed E-state index contributed by atoms with van der Waals surface area (Å²) in [5, 5.41) is 7.35. The molecule has 1 aliphatic carbocycles. The lowest BCUT2D eigenvalue weighted by Crippen LogP contribution is -2.46. The Morgan fingerprint density at radius 2 is 1.50 bits per heavy atom. The van der Waals surface area contributed by atoms with E-state index in [4.69, 9.17) is 0 Å². The quantitative estimate of drug-likeness (QED) is 0.802. The van der Waals surface area contributed by atoms with E-state index in [2.05, 4.69) is 31.4 Å². The maximum Gasteiger partial charge on any atom is 0.00938 e. The van der Waals surface area contributed by atoms with Gasteiger partial charge < -0.3 is 10.6 Å². The first-order chi connectivity index (χ1) is 8.62. The maximum absolute atomic E-state index is 3.91. The molecule has 0 radical (unpaired) electrons. The first kappa shape index (κ1) is 14.3. The average molecular weight is 252 g/mol. The Labute approximate surface area is 113 Å². The smallest absolute Gasteiger partial charge is 0.00938 e. The molecule has 2 heteroatoms. The molecular formula is C16H32N2. The van der Waals surface area contributed by atoms with Gasteiger partial charge >= 0.3 is 0 Å². The minimum atomic E-state index is 0.555. The molecule has 2 nitrogen and oxygen atoms in total. The molecule has 2 fully saturated rings. The van der Waals surface area contributed by atoms with E-state index in [-0.39, 0.29) is 0 Å². The standard InChI is InChI=1S/C16H32N2/c1-4-16(2,3)13-5-7-14(8-6-13)18-15-9-11-17-12-10-15/h13-15,17-18H,4-12H2,1-3H3. The van der Waals surface area contributed by atoms with Crippen molar-refractivity contribution in [3.8, 4) is 0 Å². The molecule has 2 aliphatic rings. The summed E-state index contributed by atoms with van der Waals surface area (Å²) < 4.78 is 0. The molecule has 0 aromatic heterocycles. The molecule has 1 saturated carbocycles. The SMILES string of the molecule is CCC(C)(C)C1CCC(NC2CCNCC2)CC1. The van der Waals surface area contributed by atoms with E-state index in [0.717, 1.165) is 18.0 Å². The Morgan fingerprint density at radius 1 is 0.944 bits per heavy atom. The predicted octanol–water partition coefficient (Wildman–Crippen LogP) is 3.32. The van der Waals surface area contributed by atoms with Crippen molar-refractivity contribution >= 4 is 0 Å². The predicted molar refractivity (Wildman–Crippen MR) is 78.8 cm³/mol. The molecule has 2 N–H and O–H groups in total. The fraction of sp³-hybridized carbons (Fsp3) is 1.00. The van der Waals surface area contributed by atoms with Crippen LogP contribution in [-0.2, 0) is 0 Å². The number of piperidine rings is 1. The summed E-state index contributed by atoms with van der Waals surface area (Å²) in [4.78, 5) is 0. The van der Waals surface area contributed by atoms with Gasteiger partial charge in [0, 0.05) is 12.1 Å². The molecule has 0 spiro atoms. The summed E-state index contributed by atoms with van der Waals surface area (Å²) in [6, 6.07) is 1.59. The summed E-state index contributed by atoms with van der Waals surface area (Å²) in [6.07, 6.45) is 9.63. The van der Waals surface area contributed by atoms with Gasteiger partial charge in [0.15, 0.2) is 0 Å². The van der Waals surface area contributed by atoms with Gasteiger partial charge in [0.25, 0.3) is 0 Å². The van der Waals surface area contributed by atoms with Crippen LogP contribution in [0.4, 0.5) is 0 Å². The van der Waals surface area contributed by atoms with Crippen LogP contribution in [0.15, 0.2) is 0 Å². The zero-order valence-corrected chi connectivity index (χ0v) is 12.6. The summed E-state index contributed by atoms with van der Waals surface area (Å²) in [6.45, 7) is 9.67. The third-order valence-electron chi connectivity index (χ3n) is 5.55. The van der Waals surface area contributed by atoms with E-state index in [1.54, 1.807) is 0 Å². The molecule has 2 rings (SSSR count). The van der Waals surface area contributed by atoms with Gasteiger partial charge in [-0.05, 0) is 62.9 Å². The van der Waals surface area contributed by atoms with Crippen LogP contribution in [0.5, 0.6) is 0 Å². The van der Waals surface area contributed by atoms with Crippen LogP contribution in [0.3, 0.4) is 0 Å². The van der Waals surface area contributed by atoms with Crippen LogP contribution in [0.2, 0.25) is 0 Å². The van der Waals surface area contributed by atoms with E-state index in [9.17, 15) is 0 Å². The Balaban J connectivity index is 1.73. The number of hydrogen-bond acceptors (Lipinski definition) is 2. The molecule has 106 valence electrons. The Kier molecular flexibility index (Phi) is 5.08. The summed E-state index contributed by atoms with van der Waals surface area (Å²) >= 11 is 0. The normalized spacial score (nSPS) is 31.5. The van der Waals surface area contributed by atoms with E-state index in [0.29, 0.717) is 5.41 Å². The van der Waals surface area contributed by atoms with Crippen LogP contribution in [0.25, 0.3) is 0 Å². The second-order valence-corrected chi connectivity index (χ2v) is 7.08. The third kappa shape index (κ3) is 3.71. The van der Waals surface area contributed by atoms with Crippen LogP contribution < -0.4 is 10.6 Å². The van der Waals surface area contributed by atoms with Crippen LogP contribution >= 0.6 is 0 Å². The van der Waals surface area contributed by atoms with Crippen molar-refractivity contribution in [1.29, 1.82) is 0 Å². The summed E-state index contributed by atoms with van der Waals surface area (Å²) in [7, 11) is 0. The Hall–Kier alpha value is -0.0800. The molecule has 0 unspecified atom stereocenters. The zero-order chi connectivity index (χ0) is 13.0. The van der Waals surface area contributed by atoms with Gasteiger partial charge in [-0.2, -0.15) is 0 Å². The first-order valence-corrected chi connectivity index (χ1v) is 8.08. The fourth-order valence-electron chi connectivity index (χ4n) is 3.65. The summed E-state index contributed by atoms with van der Waals surface area (Å²) in [5.74, 6) is 0.952. The molecular weight excluding hydrogens is 220 g/mol. The molecule has 18 heavy (non-hydrogen) atoms. The highest BCUT2D eigenvalue weighted by Crippen LogP contribution is 2.40. The molecule has 0 aromatic rings. The van der Waals surface area contributed by atoms with Gasteiger partial charge in [0.2, 0.25) is 0 Å². The van der Waals surface area contributed by atoms with E-state index in [1.165, 1.54) is 58.0 Å². The molecule has 1 saturated heterocycles. The molecule has 0 bridgehead atoms. The molecule has 0 aromatic carbocycles. The van der Waals surface area contributed by atoms with Gasteiger partial charge in [-0.1, -0.05) is 27.2 Å². The number of rotatable bonds is 4. The highest BCUT2D eigenvalue weighted by molar-refractivity contribution is 4.87. The highest BCUT2D eigenvalue weighted by atomic mass is 15.0. The van der Waals surface area contributed by atoms with Gasteiger partial charge in [0.1, 0.15) is 0 Å². The van der Waals surface area contributed by atoms with E-state index in [1.807, 2.05) is 0 Å². The lowest BCUT2D eigenvalue weighted by molar-refractivity contribution is 0.132. The fourth-order valence-corrected chi connectivity index (χ4v) is 3.65. The zero-order valence-electron chi connectivity index (χ0n) is 12.6. The minimum absolute atomic E-state index is 0.555. The average Bonchev–Trinajstić information content (AvgIpc) is 2.40. The lowest BCUT2D eigenvalue weighted by atomic mass is 9.69. The maximum atomic E-state index is 3.91. The van der Waals surface area contributed by atoms with Gasteiger partial charge in [-0.25, -0.2) is 0 Å². The van der Waals surface area contributed by atoms with Gasteiger partial charge in [-0.3, -0.25) is 0 Å². The van der Waals surface area contributed by atoms with Crippen LogP contribution in [0, 0.1) is 11.3 Å². The van der Waals surface area contributed by atoms with Crippen molar-refractivity contribution in [2.75, 3.05) is 13.1 Å². The van der Waals surface area contributed by atoms with Gasteiger partial charge in [0.05, 0.1) is 0 Å². The minimum Gasteiger partial charge on any atom is -0.317 e. The van der Waals surface area contributed by atoms with Crippen molar-refractivity contribution in [3.63, 3.8) is 0 Å². The molecule has 0 amide bonds. The third-order valence-corrected chi connectivity index (χ3v) is 5.55. The number of nitrogens with one attached hydrogen (secondary N) is 2. The van der Waals surface area contributed by atoms with E-state index >= 15 is 0 Å². The van der Waals surface area contributed by atoms with Crippen molar-refractivity contribution in [2.24, 2.45) is 11.3 Å². The van der Waals surface area contributed by atoms with Crippen LogP contribution in [-0.4, -0.2) is 25.2 Å². The topological polar surface area (TPSA) is 24.1 Å².